The zero-order valence-corrected chi connectivity index (χ0v) is 16.0. The molecule has 23 heavy (non-hydrogen) atoms. The molecule has 0 aliphatic heterocycles. The molecule has 0 radical (unpaired) electrons. The second kappa shape index (κ2) is 8.76. The van der Waals surface area contributed by atoms with Crippen molar-refractivity contribution in [3.8, 4) is 0 Å². The number of ether oxygens (including phenoxy) is 1. The Bertz CT molecular complexity index is 581. The van der Waals surface area contributed by atoms with Crippen molar-refractivity contribution in [3.05, 3.63) is 29.8 Å². The highest BCUT2D eigenvalue weighted by atomic mass is 32.4. The average Bonchev–Trinajstić information content (AvgIpc) is 2.44. The van der Waals surface area contributed by atoms with Crippen LogP contribution in [0.25, 0.3) is 0 Å². The average molecular weight is 359 g/mol. The molecule has 6 nitrogen and oxygen atoms in total. The van der Waals surface area contributed by atoms with Gasteiger partial charge in [-0.2, -0.15) is 0 Å². The van der Waals surface area contributed by atoms with Crippen LogP contribution in [0.1, 0.15) is 45.0 Å². The van der Waals surface area contributed by atoms with Crippen molar-refractivity contribution >= 4 is 30.0 Å². The van der Waals surface area contributed by atoms with E-state index in [2.05, 4.69) is 5.25 Å². The van der Waals surface area contributed by atoms with Crippen LogP contribution in [-0.4, -0.2) is 24.7 Å². The highest BCUT2D eigenvalue weighted by Crippen LogP contribution is 2.44. The van der Waals surface area contributed by atoms with Gasteiger partial charge in [0, 0.05) is 6.04 Å². The van der Waals surface area contributed by atoms with Crippen molar-refractivity contribution in [1.29, 1.82) is 0 Å². The molecule has 0 heterocycles. The Balaban J connectivity index is 3.28. The summed E-state index contributed by atoms with van der Waals surface area (Å²) >= 11 is 5.55. The number of anilines is 1. The quantitative estimate of drug-likeness (QED) is 0.419. The molecule has 1 aromatic carbocycles. The normalized spacial score (nSPS) is 13.9. The molecule has 0 saturated carbocycles. The summed E-state index contributed by atoms with van der Waals surface area (Å²) in [5.74, 6) is -0.396. The molecular weight excluding hydrogens is 333 g/mol. The Morgan fingerprint density at radius 3 is 2.48 bits per heavy atom. The van der Waals surface area contributed by atoms with Crippen LogP contribution < -0.4 is 15.4 Å². The van der Waals surface area contributed by atoms with E-state index in [0.29, 0.717) is 17.9 Å². The van der Waals surface area contributed by atoms with Crippen LogP contribution >= 0.6 is 6.49 Å². The van der Waals surface area contributed by atoms with Gasteiger partial charge >= 0.3 is 5.97 Å². The van der Waals surface area contributed by atoms with Gasteiger partial charge in [-0.3, -0.25) is 10.3 Å². The molecule has 130 valence electrons. The molecule has 0 saturated heterocycles. The lowest BCUT2D eigenvalue weighted by atomic mass is 10.1. The summed E-state index contributed by atoms with van der Waals surface area (Å²) in [4.78, 5) is 17.6. The summed E-state index contributed by atoms with van der Waals surface area (Å²) in [6.45, 7) is 7.12. The van der Waals surface area contributed by atoms with Crippen molar-refractivity contribution in [1.82, 2.24) is 5.25 Å². The summed E-state index contributed by atoms with van der Waals surface area (Å²) in [7, 11) is 0. The van der Waals surface area contributed by atoms with Gasteiger partial charge in [-0.05, 0) is 58.6 Å². The Hall–Kier alpha value is -0.980. The number of esters is 1. The van der Waals surface area contributed by atoms with Crippen molar-refractivity contribution < 1.29 is 14.4 Å². The minimum Gasteiger partial charge on any atom is -0.459 e. The van der Waals surface area contributed by atoms with E-state index in [9.17, 15) is 4.79 Å². The molecule has 1 rings (SSSR count). The first-order chi connectivity index (χ1) is 10.7. The number of carbonyl (C=O) groups is 1. The minimum absolute atomic E-state index is 0.0215. The lowest BCUT2D eigenvalue weighted by Gasteiger charge is -2.37. The van der Waals surface area contributed by atoms with Crippen molar-refractivity contribution in [3.63, 3.8) is 0 Å². The number of rotatable bonds is 8. The largest absolute Gasteiger partial charge is 0.459 e. The van der Waals surface area contributed by atoms with E-state index in [-0.39, 0.29) is 12.1 Å². The van der Waals surface area contributed by atoms with Gasteiger partial charge in [0.1, 0.15) is 0 Å². The first-order valence-electron chi connectivity index (χ1n) is 7.58. The second-order valence-electron chi connectivity index (χ2n) is 5.56. The first kappa shape index (κ1) is 20.1. The monoisotopic (exact) mass is 359 g/mol. The highest BCUT2D eigenvalue weighted by Gasteiger charge is 2.29. The first-order valence-corrected chi connectivity index (χ1v) is 10.4. The SMILES string of the molecule is CCONP(N)(=S)N(c1ccccc1C(=O)OC(C)C)C(C)C. The smallest absolute Gasteiger partial charge is 0.340 e. The number of benzene rings is 1. The maximum absolute atomic E-state index is 12.4. The molecule has 0 fully saturated rings. The van der Waals surface area contributed by atoms with Gasteiger partial charge in [-0.25, -0.2) is 4.79 Å². The third-order valence-electron chi connectivity index (χ3n) is 2.86. The van der Waals surface area contributed by atoms with Gasteiger partial charge in [-0.15, -0.1) is 5.25 Å². The number of nitrogens with zero attached hydrogens (tertiary/aromatic N) is 1. The summed E-state index contributed by atoms with van der Waals surface area (Å²) in [6, 6.07) is 7.14. The van der Waals surface area contributed by atoms with Crippen molar-refractivity contribution in [2.24, 2.45) is 5.50 Å². The van der Waals surface area contributed by atoms with Gasteiger partial charge in [0.15, 0.2) is 6.49 Å². The zero-order valence-electron chi connectivity index (χ0n) is 14.3. The minimum atomic E-state index is -2.71. The number of para-hydroxylation sites is 1. The molecule has 1 aromatic rings. The van der Waals surface area contributed by atoms with Crippen LogP contribution in [0.2, 0.25) is 0 Å². The van der Waals surface area contributed by atoms with Crippen molar-refractivity contribution in [2.45, 2.75) is 46.8 Å². The number of nitrogens with two attached hydrogens (primary N) is 1. The zero-order chi connectivity index (χ0) is 17.6. The molecule has 1 atom stereocenters. The fourth-order valence-corrected chi connectivity index (χ4v) is 4.68. The Morgan fingerprint density at radius 2 is 1.96 bits per heavy atom. The molecule has 0 amide bonds. The lowest BCUT2D eigenvalue weighted by Crippen LogP contribution is -2.38. The number of nitrogens with one attached hydrogen (secondary N) is 1. The van der Waals surface area contributed by atoms with Crippen LogP contribution in [0.5, 0.6) is 0 Å². The molecular formula is C15H26N3O3PS. The van der Waals surface area contributed by atoms with E-state index in [1.54, 1.807) is 12.1 Å². The summed E-state index contributed by atoms with van der Waals surface area (Å²) in [6.07, 6.45) is -0.203. The van der Waals surface area contributed by atoms with Gasteiger partial charge in [0.25, 0.3) is 0 Å². The van der Waals surface area contributed by atoms with Crippen LogP contribution in [0.3, 0.4) is 0 Å². The summed E-state index contributed by atoms with van der Waals surface area (Å²) < 4.78 is 7.15. The number of carbonyl (C=O) groups excluding carboxylic acids is 1. The summed E-state index contributed by atoms with van der Waals surface area (Å²) in [5.41, 5.74) is 7.40. The van der Waals surface area contributed by atoms with E-state index in [1.165, 1.54) is 0 Å². The van der Waals surface area contributed by atoms with Crippen LogP contribution in [0, 0.1) is 0 Å². The lowest BCUT2D eigenvalue weighted by molar-refractivity contribution is 0.0379. The van der Waals surface area contributed by atoms with Crippen LogP contribution in [0.15, 0.2) is 24.3 Å². The standard InChI is InChI=1S/C15H26N3O3PS/c1-6-20-17-22(16,23)18(11(2)3)14-10-8-7-9-13(14)15(19)21-12(4)5/h7-12H,6H2,1-5H3,(H3,16,17,23). The van der Waals surface area contributed by atoms with Gasteiger partial charge in [-0.1, -0.05) is 12.1 Å². The molecule has 0 spiro atoms. The van der Waals surface area contributed by atoms with E-state index < -0.39 is 12.5 Å². The molecule has 0 bridgehead atoms. The second-order valence-corrected chi connectivity index (χ2v) is 9.09. The molecule has 8 heteroatoms. The maximum atomic E-state index is 12.4. The molecule has 1 unspecified atom stereocenters. The number of hydrogen-bond donors (Lipinski definition) is 2. The van der Waals surface area contributed by atoms with Gasteiger partial charge in [0.2, 0.25) is 0 Å². The summed E-state index contributed by atoms with van der Waals surface area (Å²) in [5, 5.41) is 2.77. The van der Waals surface area contributed by atoms with Crippen LogP contribution in [-0.2, 0) is 21.4 Å². The molecule has 0 aliphatic rings. The Labute approximate surface area is 143 Å². The predicted octanol–water partition coefficient (Wildman–Crippen LogP) is 3.19. The molecule has 3 N–H and O–H groups in total. The topological polar surface area (TPSA) is 76.8 Å². The third-order valence-corrected chi connectivity index (χ3v) is 5.32. The maximum Gasteiger partial charge on any atom is 0.340 e. The fourth-order valence-electron chi connectivity index (χ4n) is 2.11. The Morgan fingerprint density at radius 1 is 1.35 bits per heavy atom. The predicted molar refractivity (Wildman–Crippen MR) is 97.8 cm³/mol. The third kappa shape index (κ3) is 5.55. The fraction of sp³-hybridized carbons (Fsp3) is 0.533. The van der Waals surface area contributed by atoms with Gasteiger partial charge in [0.05, 0.1) is 24.0 Å². The van der Waals surface area contributed by atoms with E-state index >= 15 is 0 Å². The Kier molecular flexibility index (Phi) is 7.64. The van der Waals surface area contributed by atoms with E-state index in [0.717, 1.165) is 0 Å². The van der Waals surface area contributed by atoms with E-state index in [1.807, 2.05) is 51.4 Å². The number of hydrogen-bond acceptors (Lipinski definition) is 4. The van der Waals surface area contributed by atoms with Crippen molar-refractivity contribution in [2.75, 3.05) is 11.3 Å². The van der Waals surface area contributed by atoms with E-state index in [4.69, 9.17) is 26.9 Å². The van der Waals surface area contributed by atoms with Gasteiger partial charge < -0.3 is 9.41 Å². The molecule has 0 aliphatic carbocycles. The molecule has 0 aromatic heterocycles. The van der Waals surface area contributed by atoms with Crippen LogP contribution in [0.4, 0.5) is 5.69 Å². The highest BCUT2D eigenvalue weighted by molar-refractivity contribution is 8.13.